The van der Waals surface area contributed by atoms with Crippen LogP contribution < -0.4 is 5.32 Å². The van der Waals surface area contributed by atoms with Crippen molar-refractivity contribution in [3.05, 3.63) is 52.9 Å². The number of nitrogens with one attached hydrogen (secondary N) is 1. The lowest BCUT2D eigenvalue weighted by atomic mass is 10.1. The SMILES string of the molecule is CCn1c(SCC(=O)NCc2ccccc2COC)nnc1-c1cccs1. The van der Waals surface area contributed by atoms with Gasteiger partial charge in [-0.15, -0.1) is 21.5 Å². The van der Waals surface area contributed by atoms with E-state index in [-0.39, 0.29) is 5.91 Å². The number of hydrogen-bond donors (Lipinski definition) is 1. The van der Waals surface area contributed by atoms with E-state index in [1.165, 1.54) is 11.8 Å². The molecule has 1 amide bonds. The van der Waals surface area contributed by atoms with Gasteiger partial charge in [-0.3, -0.25) is 4.79 Å². The Balaban J connectivity index is 1.57. The molecule has 2 heterocycles. The van der Waals surface area contributed by atoms with Gasteiger partial charge in [0, 0.05) is 20.2 Å². The number of ether oxygens (including phenoxy) is 1. The van der Waals surface area contributed by atoms with Crippen molar-refractivity contribution < 1.29 is 9.53 Å². The molecule has 27 heavy (non-hydrogen) atoms. The molecule has 1 aromatic carbocycles. The van der Waals surface area contributed by atoms with Crippen LogP contribution in [-0.4, -0.2) is 33.5 Å². The topological polar surface area (TPSA) is 69.0 Å². The number of aromatic nitrogens is 3. The van der Waals surface area contributed by atoms with Gasteiger partial charge in [-0.1, -0.05) is 42.1 Å². The van der Waals surface area contributed by atoms with Crippen LogP contribution in [0, 0.1) is 0 Å². The van der Waals surface area contributed by atoms with Crippen molar-refractivity contribution in [3.63, 3.8) is 0 Å². The molecule has 0 radical (unpaired) electrons. The Labute approximate surface area is 167 Å². The molecule has 0 atom stereocenters. The van der Waals surface area contributed by atoms with Gasteiger partial charge in [-0.05, 0) is 29.5 Å². The number of methoxy groups -OCH3 is 1. The Morgan fingerprint density at radius 1 is 1.22 bits per heavy atom. The fraction of sp³-hybridized carbons (Fsp3) is 0.316. The van der Waals surface area contributed by atoms with Crippen molar-refractivity contribution in [2.45, 2.75) is 31.8 Å². The average Bonchev–Trinajstić information content (AvgIpc) is 3.35. The van der Waals surface area contributed by atoms with Crippen LogP contribution >= 0.6 is 23.1 Å². The molecule has 0 unspecified atom stereocenters. The smallest absolute Gasteiger partial charge is 0.230 e. The lowest BCUT2D eigenvalue weighted by molar-refractivity contribution is -0.118. The van der Waals surface area contributed by atoms with E-state index in [0.717, 1.165) is 33.5 Å². The summed E-state index contributed by atoms with van der Waals surface area (Å²) in [7, 11) is 1.67. The molecule has 3 rings (SSSR count). The van der Waals surface area contributed by atoms with Crippen LogP contribution in [0.5, 0.6) is 0 Å². The van der Waals surface area contributed by atoms with Crippen molar-refractivity contribution in [1.82, 2.24) is 20.1 Å². The van der Waals surface area contributed by atoms with E-state index >= 15 is 0 Å². The summed E-state index contributed by atoms with van der Waals surface area (Å²) in [6.45, 7) is 3.83. The van der Waals surface area contributed by atoms with E-state index in [0.29, 0.717) is 18.9 Å². The summed E-state index contributed by atoms with van der Waals surface area (Å²) in [6.07, 6.45) is 0. The molecule has 0 spiro atoms. The maximum absolute atomic E-state index is 12.3. The van der Waals surface area contributed by atoms with Crippen LogP contribution in [0.1, 0.15) is 18.1 Å². The summed E-state index contributed by atoms with van der Waals surface area (Å²) >= 11 is 3.04. The number of thioether (sulfide) groups is 1. The Morgan fingerprint density at radius 3 is 2.74 bits per heavy atom. The molecule has 3 aromatic rings. The third-order valence-electron chi connectivity index (χ3n) is 4.00. The highest BCUT2D eigenvalue weighted by molar-refractivity contribution is 7.99. The first-order valence-corrected chi connectivity index (χ1v) is 10.5. The lowest BCUT2D eigenvalue weighted by Crippen LogP contribution is -2.25. The highest BCUT2D eigenvalue weighted by Gasteiger charge is 2.15. The second kappa shape index (κ2) is 9.68. The summed E-state index contributed by atoms with van der Waals surface area (Å²) in [5.74, 6) is 1.12. The molecule has 1 N–H and O–H groups in total. The first-order chi connectivity index (χ1) is 13.2. The van der Waals surface area contributed by atoms with E-state index in [4.69, 9.17) is 4.74 Å². The van der Waals surface area contributed by atoms with Crippen LogP contribution in [-0.2, 0) is 29.2 Å². The molecule has 2 aromatic heterocycles. The Bertz CT molecular complexity index is 878. The van der Waals surface area contributed by atoms with Gasteiger partial charge >= 0.3 is 0 Å². The number of benzene rings is 1. The lowest BCUT2D eigenvalue weighted by Gasteiger charge is -2.10. The van der Waals surface area contributed by atoms with Gasteiger partial charge in [0.2, 0.25) is 5.91 Å². The molecule has 0 fully saturated rings. The minimum absolute atomic E-state index is 0.0319. The molecule has 0 aliphatic heterocycles. The minimum Gasteiger partial charge on any atom is -0.380 e. The Kier molecular flexibility index (Phi) is 7.03. The largest absolute Gasteiger partial charge is 0.380 e. The predicted molar refractivity (Wildman–Crippen MR) is 109 cm³/mol. The van der Waals surface area contributed by atoms with Crippen molar-refractivity contribution in [3.8, 4) is 10.7 Å². The van der Waals surface area contributed by atoms with E-state index in [1.54, 1.807) is 18.4 Å². The van der Waals surface area contributed by atoms with Crippen LogP contribution in [0.4, 0.5) is 0 Å². The maximum atomic E-state index is 12.3. The summed E-state index contributed by atoms with van der Waals surface area (Å²) < 4.78 is 7.24. The Hall–Kier alpha value is -2.16. The fourth-order valence-electron chi connectivity index (χ4n) is 2.67. The number of amides is 1. The zero-order valence-electron chi connectivity index (χ0n) is 15.3. The van der Waals surface area contributed by atoms with E-state index < -0.39 is 0 Å². The first-order valence-electron chi connectivity index (χ1n) is 8.65. The monoisotopic (exact) mass is 402 g/mol. The zero-order chi connectivity index (χ0) is 19.1. The third-order valence-corrected chi connectivity index (χ3v) is 5.83. The van der Waals surface area contributed by atoms with Crippen molar-refractivity contribution >= 4 is 29.0 Å². The zero-order valence-corrected chi connectivity index (χ0v) is 17.0. The van der Waals surface area contributed by atoms with Gasteiger partial charge in [0.05, 0.1) is 17.2 Å². The second-order valence-electron chi connectivity index (χ2n) is 5.79. The van der Waals surface area contributed by atoms with Gasteiger partial charge in [0.25, 0.3) is 0 Å². The molecular weight excluding hydrogens is 380 g/mol. The molecule has 0 aliphatic rings. The molecule has 0 aliphatic carbocycles. The normalized spacial score (nSPS) is 10.9. The molecule has 0 saturated heterocycles. The van der Waals surface area contributed by atoms with Crippen LogP contribution in [0.2, 0.25) is 0 Å². The molecule has 8 heteroatoms. The number of carbonyl (C=O) groups excluding carboxylic acids is 1. The number of nitrogens with zero attached hydrogens (tertiary/aromatic N) is 3. The van der Waals surface area contributed by atoms with Crippen molar-refractivity contribution in [2.24, 2.45) is 0 Å². The highest BCUT2D eigenvalue weighted by atomic mass is 32.2. The number of thiophene rings is 1. The minimum atomic E-state index is -0.0319. The van der Waals surface area contributed by atoms with Gasteiger partial charge in [0.1, 0.15) is 0 Å². The summed E-state index contributed by atoms with van der Waals surface area (Å²) in [5, 5.41) is 14.3. The molecule has 142 valence electrons. The quantitative estimate of drug-likeness (QED) is 0.554. The standard InChI is InChI=1S/C19H22N4O2S2/c1-3-23-18(16-9-6-10-26-16)21-22-19(23)27-13-17(24)20-11-14-7-4-5-8-15(14)12-25-2/h4-10H,3,11-13H2,1-2H3,(H,20,24). The van der Waals surface area contributed by atoms with E-state index in [2.05, 4.69) is 22.4 Å². The summed E-state index contributed by atoms with van der Waals surface area (Å²) in [4.78, 5) is 13.4. The van der Waals surface area contributed by atoms with Gasteiger partial charge in [-0.2, -0.15) is 0 Å². The summed E-state index contributed by atoms with van der Waals surface area (Å²) in [6, 6.07) is 12.0. The van der Waals surface area contributed by atoms with Gasteiger partial charge in [0.15, 0.2) is 11.0 Å². The molecule has 0 bridgehead atoms. The average molecular weight is 403 g/mol. The van der Waals surface area contributed by atoms with Crippen molar-refractivity contribution in [2.75, 3.05) is 12.9 Å². The van der Waals surface area contributed by atoms with E-state index in [1.807, 2.05) is 46.3 Å². The van der Waals surface area contributed by atoms with Gasteiger partial charge in [-0.25, -0.2) is 0 Å². The van der Waals surface area contributed by atoms with E-state index in [9.17, 15) is 4.79 Å². The number of hydrogen-bond acceptors (Lipinski definition) is 6. The molecule has 6 nitrogen and oxygen atoms in total. The first kappa shape index (κ1) is 19.6. The number of rotatable bonds is 9. The molecule has 0 saturated carbocycles. The number of carbonyl (C=O) groups is 1. The van der Waals surface area contributed by atoms with Crippen molar-refractivity contribution in [1.29, 1.82) is 0 Å². The second-order valence-corrected chi connectivity index (χ2v) is 7.69. The third kappa shape index (κ3) is 4.97. The van der Waals surface area contributed by atoms with Gasteiger partial charge < -0.3 is 14.6 Å². The van der Waals surface area contributed by atoms with Crippen LogP contribution in [0.15, 0.2) is 46.9 Å². The maximum Gasteiger partial charge on any atom is 0.230 e. The summed E-state index contributed by atoms with van der Waals surface area (Å²) in [5.41, 5.74) is 2.15. The van der Waals surface area contributed by atoms with Crippen LogP contribution in [0.25, 0.3) is 10.7 Å². The molecular formula is C19H22N4O2S2. The predicted octanol–water partition coefficient (Wildman–Crippen LogP) is 3.58. The Morgan fingerprint density at radius 2 is 2.04 bits per heavy atom. The highest BCUT2D eigenvalue weighted by Crippen LogP contribution is 2.27. The fourth-order valence-corrected chi connectivity index (χ4v) is 4.22. The van der Waals surface area contributed by atoms with Crippen LogP contribution in [0.3, 0.4) is 0 Å².